The average Bonchev–Trinajstić information content (AvgIpc) is 2.66. The van der Waals surface area contributed by atoms with Crippen molar-refractivity contribution in [2.24, 2.45) is 7.05 Å². The number of rotatable bonds is 4. The molecule has 0 aliphatic rings. The van der Waals surface area contributed by atoms with Gasteiger partial charge in [0.2, 0.25) is 0 Å². The molecule has 0 saturated carbocycles. The molecule has 0 aromatic carbocycles. The lowest BCUT2D eigenvalue weighted by Gasteiger charge is -2.01. The first kappa shape index (κ1) is 9.57. The maximum absolute atomic E-state index is 4.17. The minimum atomic E-state index is 0.765. The van der Waals surface area contributed by atoms with E-state index in [0.29, 0.717) is 0 Å². The van der Waals surface area contributed by atoms with Crippen molar-refractivity contribution in [2.75, 3.05) is 11.9 Å². The summed E-state index contributed by atoms with van der Waals surface area (Å²) >= 11 is 0. The molecule has 6 nitrogen and oxygen atoms in total. The van der Waals surface area contributed by atoms with E-state index >= 15 is 0 Å². The summed E-state index contributed by atoms with van der Waals surface area (Å²) in [5.74, 6) is 1.65. The third kappa shape index (κ3) is 2.73. The predicted octanol–water partition coefficient (Wildman–Crippen LogP) is 0.260. The highest BCUT2D eigenvalue weighted by molar-refractivity contribution is 5.31. The van der Waals surface area contributed by atoms with E-state index in [1.807, 2.05) is 13.1 Å². The Labute approximate surface area is 87.4 Å². The Morgan fingerprint density at radius 1 is 1.40 bits per heavy atom. The maximum atomic E-state index is 4.17. The Bertz CT molecular complexity index is 410. The highest BCUT2D eigenvalue weighted by Gasteiger charge is 1.98. The number of nitrogens with zero attached hydrogens (tertiary/aromatic N) is 5. The lowest BCUT2D eigenvalue weighted by Crippen LogP contribution is -2.07. The zero-order valence-electron chi connectivity index (χ0n) is 8.46. The van der Waals surface area contributed by atoms with Gasteiger partial charge in [-0.05, 0) is 6.07 Å². The molecule has 6 heteroatoms. The summed E-state index contributed by atoms with van der Waals surface area (Å²) in [4.78, 5) is 12.0. The summed E-state index contributed by atoms with van der Waals surface area (Å²) in [6.07, 6.45) is 5.70. The van der Waals surface area contributed by atoms with Gasteiger partial charge < -0.3 is 5.32 Å². The van der Waals surface area contributed by atoms with E-state index in [9.17, 15) is 0 Å². The van der Waals surface area contributed by atoms with Gasteiger partial charge in [-0.15, -0.1) is 0 Å². The van der Waals surface area contributed by atoms with Crippen LogP contribution in [-0.4, -0.2) is 31.3 Å². The molecule has 78 valence electrons. The van der Waals surface area contributed by atoms with Crippen LogP contribution in [0.4, 0.5) is 5.82 Å². The van der Waals surface area contributed by atoms with E-state index < -0.39 is 0 Å². The quantitative estimate of drug-likeness (QED) is 0.773. The van der Waals surface area contributed by atoms with Crippen molar-refractivity contribution in [3.8, 4) is 0 Å². The largest absolute Gasteiger partial charge is 0.370 e. The summed E-state index contributed by atoms with van der Waals surface area (Å²) in [6, 6.07) is 1.83. The molecular weight excluding hydrogens is 192 g/mol. The molecule has 2 aromatic rings. The fourth-order valence-corrected chi connectivity index (χ4v) is 1.20. The molecule has 1 N–H and O–H groups in total. The fraction of sp³-hybridized carbons (Fsp3) is 0.333. The zero-order chi connectivity index (χ0) is 10.5. The Morgan fingerprint density at radius 3 is 3.00 bits per heavy atom. The van der Waals surface area contributed by atoms with Crippen molar-refractivity contribution in [3.05, 3.63) is 30.7 Å². The van der Waals surface area contributed by atoms with Crippen molar-refractivity contribution in [1.29, 1.82) is 0 Å². The van der Waals surface area contributed by atoms with Crippen LogP contribution in [0.2, 0.25) is 0 Å². The standard InChI is InChI=1S/C9H12N6/c1-15-7-13-9(14-15)3-5-11-8-2-4-10-6-12-8/h2,4,6-7H,3,5H2,1H3,(H,10,11,12). The maximum Gasteiger partial charge on any atom is 0.152 e. The summed E-state index contributed by atoms with van der Waals surface area (Å²) in [7, 11) is 1.86. The van der Waals surface area contributed by atoms with Gasteiger partial charge in [0.05, 0.1) is 0 Å². The first-order chi connectivity index (χ1) is 7.34. The smallest absolute Gasteiger partial charge is 0.152 e. The summed E-state index contributed by atoms with van der Waals surface area (Å²) in [6.45, 7) is 0.765. The van der Waals surface area contributed by atoms with Crippen molar-refractivity contribution in [1.82, 2.24) is 24.7 Å². The number of anilines is 1. The van der Waals surface area contributed by atoms with E-state index in [1.165, 1.54) is 6.33 Å². The van der Waals surface area contributed by atoms with E-state index in [2.05, 4.69) is 25.4 Å². The van der Waals surface area contributed by atoms with Crippen LogP contribution in [0.3, 0.4) is 0 Å². The highest BCUT2D eigenvalue weighted by atomic mass is 15.3. The molecule has 0 fully saturated rings. The van der Waals surface area contributed by atoms with Gasteiger partial charge in [0, 0.05) is 26.2 Å². The van der Waals surface area contributed by atoms with Crippen LogP contribution in [0, 0.1) is 0 Å². The van der Waals surface area contributed by atoms with Gasteiger partial charge in [0.25, 0.3) is 0 Å². The molecule has 2 rings (SSSR count). The SMILES string of the molecule is Cn1cnc(CCNc2ccncn2)n1. The van der Waals surface area contributed by atoms with Crippen LogP contribution in [-0.2, 0) is 13.5 Å². The Balaban J connectivity index is 1.80. The molecular formula is C9H12N6. The third-order valence-electron chi connectivity index (χ3n) is 1.88. The lowest BCUT2D eigenvalue weighted by atomic mass is 10.4. The van der Waals surface area contributed by atoms with E-state index in [1.54, 1.807) is 17.2 Å². The molecule has 2 aromatic heterocycles. The number of hydrogen-bond acceptors (Lipinski definition) is 5. The van der Waals surface area contributed by atoms with Crippen LogP contribution in [0.15, 0.2) is 24.9 Å². The predicted molar refractivity (Wildman–Crippen MR) is 55.2 cm³/mol. The molecule has 0 bridgehead atoms. The van der Waals surface area contributed by atoms with Gasteiger partial charge in [-0.2, -0.15) is 5.10 Å². The Morgan fingerprint density at radius 2 is 2.33 bits per heavy atom. The summed E-state index contributed by atoms with van der Waals surface area (Å²) < 4.78 is 1.69. The fourth-order valence-electron chi connectivity index (χ4n) is 1.20. The number of aromatic nitrogens is 5. The lowest BCUT2D eigenvalue weighted by molar-refractivity contribution is 0.741. The Hall–Kier alpha value is -1.98. The van der Waals surface area contributed by atoms with E-state index in [4.69, 9.17) is 0 Å². The van der Waals surface area contributed by atoms with Crippen molar-refractivity contribution in [2.45, 2.75) is 6.42 Å². The second-order valence-electron chi connectivity index (χ2n) is 3.11. The van der Waals surface area contributed by atoms with Crippen LogP contribution in [0.5, 0.6) is 0 Å². The van der Waals surface area contributed by atoms with Crippen molar-refractivity contribution in [3.63, 3.8) is 0 Å². The van der Waals surface area contributed by atoms with Crippen molar-refractivity contribution >= 4 is 5.82 Å². The van der Waals surface area contributed by atoms with Gasteiger partial charge >= 0.3 is 0 Å². The first-order valence-corrected chi connectivity index (χ1v) is 4.69. The number of aryl methyl sites for hydroxylation is 1. The molecule has 0 amide bonds. The number of nitrogens with one attached hydrogen (secondary N) is 1. The molecule has 0 aliphatic carbocycles. The summed E-state index contributed by atoms with van der Waals surface area (Å²) in [5.41, 5.74) is 0. The Kier molecular flexibility index (Phi) is 2.87. The molecule has 0 atom stereocenters. The van der Waals surface area contributed by atoms with Gasteiger partial charge in [-0.1, -0.05) is 0 Å². The topological polar surface area (TPSA) is 68.5 Å². The second-order valence-corrected chi connectivity index (χ2v) is 3.11. The van der Waals surface area contributed by atoms with Gasteiger partial charge in [-0.3, -0.25) is 4.68 Å². The second kappa shape index (κ2) is 4.50. The van der Waals surface area contributed by atoms with Crippen molar-refractivity contribution < 1.29 is 0 Å². The minimum Gasteiger partial charge on any atom is -0.370 e. The average molecular weight is 204 g/mol. The molecule has 0 aliphatic heterocycles. The zero-order valence-corrected chi connectivity index (χ0v) is 8.46. The molecule has 15 heavy (non-hydrogen) atoms. The molecule has 0 radical (unpaired) electrons. The molecule has 2 heterocycles. The highest BCUT2D eigenvalue weighted by Crippen LogP contribution is 1.98. The van der Waals surface area contributed by atoms with Crippen LogP contribution >= 0.6 is 0 Å². The number of hydrogen-bond donors (Lipinski definition) is 1. The van der Waals surface area contributed by atoms with E-state index in [0.717, 1.165) is 24.6 Å². The van der Waals surface area contributed by atoms with E-state index in [-0.39, 0.29) is 0 Å². The van der Waals surface area contributed by atoms with Crippen LogP contribution in [0.25, 0.3) is 0 Å². The van der Waals surface area contributed by atoms with Gasteiger partial charge in [0.1, 0.15) is 18.5 Å². The molecule has 0 spiro atoms. The van der Waals surface area contributed by atoms with Crippen LogP contribution in [0.1, 0.15) is 5.82 Å². The minimum absolute atomic E-state index is 0.765. The van der Waals surface area contributed by atoms with Gasteiger partial charge in [-0.25, -0.2) is 15.0 Å². The third-order valence-corrected chi connectivity index (χ3v) is 1.88. The first-order valence-electron chi connectivity index (χ1n) is 4.69. The molecule has 0 unspecified atom stereocenters. The monoisotopic (exact) mass is 204 g/mol. The van der Waals surface area contributed by atoms with Crippen LogP contribution < -0.4 is 5.32 Å². The normalized spacial score (nSPS) is 10.2. The van der Waals surface area contributed by atoms with Gasteiger partial charge in [0.15, 0.2) is 5.82 Å². The molecule has 0 saturated heterocycles. The summed E-state index contributed by atoms with van der Waals surface area (Å²) in [5, 5.41) is 7.34.